The zero-order valence-corrected chi connectivity index (χ0v) is 22.5. The Hall–Kier alpha value is -4.18. The van der Waals surface area contributed by atoms with E-state index in [1.54, 1.807) is 16.9 Å². The van der Waals surface area contributed by atoms with E-state index in [1.807, 2.05) is 0 Å². The maximum absolute atomic E-state index is 14.4. The van der Waals surface area contributed by atoms with Crippen LogP contribution < -0.4 is 19.0 Å². The molecular formula is C25H24F4N4O7S. The zero-order chi connectivity index (χ0) is 29.8. The first-order valence-corrected chi connectivity index (χ1v) is 13.9. The Morgan fingerprint density at radius 3 is 2.22 bits per heavy atom. The van der Waals surface area contributed by atoms with Crippen LogP contribution in [0.5, 0.6) is 29.0 Å². The van der Waals surface area contributed by atoms with Crippen LogP contribution in [0.4, 0.5) is 17.6 Å². The molecule has 16 heteroatoms. The molecule has 0 N–H and O–H groups in total. The largest absolute Gasteiger partial charge is 0.573 e. The first-order chi connectivity index (χ1) is 19.3. The average molecular weight is 601 g/mol. The van der Waals surface area contributed by atoms with Crippen molar-refractivity contribution in [2.45, 2.75) is 18.2 Å². The van der Waals surface area contributed by atoms with Crippen LogP contribution in [-0.4, -0.2) is 79.7 Å². The Kier molecular flexibility index (Phi) is 8.82. The number of aromatic nitrogens is 2. The van der Waals surface area contributed by atoms with Crippen LogP contribution >= 0.6 is 0 Å². The van der Waals surface area contributed by atoms with Crippen LogP contribution in [0.2, 0.25) is 0 Å². The smallest absolute Gasteiger partial charge is 0.484 e. The number of carbonyl (C=O) groups excluding carboxylic acids is 1. The summed E-state index contributed by atoms with van der Waals surface area (Å²) in [6, 6.07) is 7.96. The molecule has 4 rings (SSSR count). The van der Waals surface area contributed by atoms with E-state index in [1.165, 1.54) is 30.6 Å². The molecule has 1 aromatic heterocycles. The van der Waals surface area contributed by atoms with Gasteiger partial charge in [-0.2, -0.15) is 4.98 Å². The van der Waals surface area contributed by atoms with Crippen LogP contribution in [0.1, 0.15) is 5.56 Å². The highest BCUT2D eigenvalue weighted by atomic mass is 32.2. The molecule has 2 heterocycles. The molecule has 0 bridgehead atoms. The van der Waals surface area contributed by atoms with Gasteiger partial charge in [0.2, 0.25) is 11.8 Å². The van der Waals surface area contributed by atoms with E-state index < -0.39 is 27.8 Å². The minimum absolute atomic E-state index is 0.00460. The first-order valence-electron chi connectivity index (χ1n) is 12.0. The first kappa shape index (κ1) is 29.8. The van der Waals surface area contributed by atoms with Gasteiger partial charge >= 0.3 is 6.36 Å². The van der Waals surface area contributed by atoms with Gasteiger partial charge < -0.3 is 23.9 Å². The normalized spacial score (nSPS) is 14.4. The maximum atomic E-state index is 14.4. The van der Waals surface area contributed by atoms with Crippen molar-refractivity contribution in [1.82, 2.24) is 19.9 Å². The summed E-state index contributed by atoms with van der Waals surface area (Å²) in [6.45, 7) is 2.52. The van der Waals surface area contributed by atoms with Crippen molar-refractivity contribution in [3.8, 4) is 29.0 Å². The fourth-order valence-electron chi connectivity index (χ4n) is 3.64. The van der Waals surface area contributed by atoms with Gasteiger partial charge in [-0.1, -0.05) is 0 Å². The van der Waals surface area contributed by atoms with Gasteiger partial charge in [0.1, 0.15) is 17.8 Å². The fraction of sp³-hybridized carbons (Fsp3) is 0.320. The van der Waals surface area contributed by atoms with Gasteiger partial charge in [0.15, 0.2) is 28.0 Å². The van der Waals surface area contributed by atoms with Gasteiger partial charge in [0.05, 0.1) is 23.5 Å². The van der Waals surface area contributed by atoms with Crippen molar-refractivity contribution in [3.05, 3.63) is 60.2 Å². The molecule has 0 unspecified atom stereocenters. The van der Waals surface area contributed by atoms with E-state index in [0.717, 1.165) is 24.5 Å². The Bertz CT molecular complexity index is 1500. The summed E-state index contributed by atoms with van der Waals surface area (Å²) in [5.74, 6) is -1.48. The second-order valence-corrected chi connectivity index (χ2v) is 10.8. The molecule has 0 saturated carbocycles. The average Bonchev–Trinajstić information content (AvgIpc) is 2.90. The molecule has 2 aromatic carbocycles. The number of benzene rings is 2. The Morgan fingerprint density at radius 2 is 1.61 bits per heavy atom. The second-order valence-electron chi connectivity index (χ2n) is 8.78. The molecule has 41 heavy (non-hydrogen) atoms. The number of hydrogen-bond donors (Lipinski definition) is 0. The van der Waals surface area contributed by atoms with Crippen molar-refractivity contribution in [3.63, 3.8) is 0 Å². The summed E-state index contributed by atoms with van der Waals surface area (Å²) in [6.07, 6.45) is -2.67. The second kappa shape index (κ2) is 12.1. The summed E-state index contributed by atoms with van der Waals surface area (Å²) in [4.78, 5) is 27.8. The predicted molar refractivity (Wildman–Crippen MR) is 134 cm³/mol. The standard InChI is InChI=1S/C25H24F4N4O7S/c1-16-23(38-21-8-7-19(13-20(21)26)41(2,35)36)30-15-31-24(16)40-33-11-9-32(10-12-33)22(34)14-37-17-3-5-18(6-4-17)39-25(27,28)29/h3-8,13,15H,9-12,14H2,1-2H3. The highest BCUT2D eigenvalue weighted by Gasteiger charge is 2.31. The third-order valence-corrected chi connectivity index (χ3v) is 6.87. The van der Waals surface area contributed by atoms with Gasteiger partial charge in [0, 0.05) is 19.3 Å². The predicted octanol–water partition coefficient (Wildman–Crippen LogP) is 3.54. The molecule has 1 aliphatic rings. The molecule has 3 aromatic rings. The Morgan fingerprint density at radius 1 is 0.976 bits per heavy atom. The molecule has 1 aliphatic heterocycles. The summed E-state index contributed by atoms with van der Waals surface area (Å²) >= 11 is 0. The van der Waals surface area contributed by atoms with Gasteiger partial charge in [-0.3, -0.25) is 4.79 Å². The number of ether oxygens (including phenoxy) is 3. The number of hydrogen-bond acceptors (Lipinski definition) is 10. The summed E-state index contributed by atoms with van der Waals surface area (Å²) in [5, 5.41) is 1.57. The van der Waals surface area contributed by atoms with Crippen LogP contribution in [0.15, 0.2) is 53.7 Å². The SMILES string of the molecule is Cc1c(Oc2ccc(S(C)(=O)=O)cc2F)ncnc1ON1CCN(C(=O)COc2ccc(OC(F)(F)F)cc2)CC1. The van der Waals surface area contributed by atoms with E-state index in [0.29, 0.717) is 31.7 Å². The van der Waals surface area contributed by atoms with Crippen LogP contribution in [0.3, 0.4) is 0 Å². The van der Waals surface area contributed by atoms with Gasteiger partial charge in [0.25, 0.3) is 5.91 Å². The number of piperazine rings is 1. The highest BCUT2D eigenvalue weighted by Crippen LogP contribution is 2.30. The lowest BCUT2D eigenvalue weighted by atomic mass is 10.3. The van der Waals surface area contributed by atoms with E-state index in [2.05, 4.69) is 14.7 Å². The number of amides is 1. The molecule has 1 amide bonds. The van der Waals surface area contributed by atoms with Gasteiger partial charge in [-0.15, -0.1) is 18.2 Å². The Balaban J connectivity index is 1.28. The minimum Gasteiger partial charge on any atom is -0.484 e. The monoisotopic (exact) mass is 600 g/mol. The minimum atomic E-state index is -4.80. The molecule has 1 saturated heterocycles. The number of rotatable bonds is 9. The van der Waals surface area contributed by atoms with E-state index in [4.69, 9.17) is 14.3 Å². The molecule has 1 fully saturated rings. The molecule has 220 valence electrons. The number of sulfone groups is 1. The third-order valence-electron chi connectivity index (χ3n) is 5.76. The van der Waals surface area contributed by atoms with Crippen molar-refractivity contribution in [2.24, 2.45) is 0 Å². The molecule has 11 nitrogen and oxygen atoms in total. The topological polar surface area (TPSA) is 120 Å². The molecule has 0 atom stereocenters. The van der Waals surface area contributed by atoms with Gasteiger partial charge in [-0.05, 0) is 49.4 Å². The Labute approximate surface area is 232 Å². The molecule has 0 aliphatic carbocycles. The van der Waals surface area contributed by atoms with Crippen LogP contribution in [-0.2, 0) is 14.6 Å². The lowest BCUT2D eigenvalue weighted by Gasteiger charge is -2.33. The summed E-state index contributed by atoms with van der Waals surface area (Å²) < 4.78 is 89.2. The van der Waals surface area contributed by atoms with Gasteiger partial charge in [-0.25, -0.2) is 17.8 Å². The molecular weight excluding hydrogens is 576 g/mol. The quantitative estimate of drug-likeness (QED) is 0.338. The zero-order valence-electron chi connectivity index (χ0n) is 21.7. The van der Waals surface area contributed by atoms with Crippen molar-refractivity contribution < 1.29 is 49.8 Å². The highest BCUT2D eigenvalue weighted by molar-refractivity contribution is 7.90. The van der Waals surface area contributed by atoms with E-state index in [-0.39, 0.29) is 40.7 Å². The maximum Gasteiger partial charge on any atom is 0.573 e. The van der Waals surface area contributed by atoms with Crippen LogP contribution in [0.25, 0.3) is 0 Å². The van der Waals surface area contributed by atoms with Crippen molar-refractivity contribution in [2.75, 3.05) is 39.0 Å². The summed E-state index contributed by atoms with van der Waals surface area (Å²) in [5.41, 5.74) is 0.359. The number of halogens is 4. The van der Waals surface area contributed by atoms with E-state index in [9.17, 15) is 30.8 Å². The lowest BCUT2D eigenvalue weighted by Crippen LogP contribution is -2.51. The number of nitrogens with zero attached hydrogens (tertiary/aromatic N) is 4. The summed E-state index contributed by atoms with van der Waals surface area (Å²) in [7, 11) is -3.59. The number of alkyl halides is 3. The van der Waals surface area contributed by atoms with E-state index >= 15 is 0 Å². The van der Waals surface area contributed by atoms with Crippen molar-refractivity contribution in [1.29, 1.82) is 0 Å². The number of hydroxylamine groups is 2. The fourth-order valence-corrected chi connectivity index (χ4v) is 4.27. The molecule has 0 radical (unpaired) electrons. The van der Waals surface area contributed by atoms with Crippen LogP contribution in [0, 0.1) is 12.7 Å². The number of carbonyl (C=O) groups is 1. The lowest BCUT2D eigenvalue weighted by molar-refractivity contribution is -0.274. The van der Waals surface area contributed by atoms with Crippen molar-refractivity contribution >= 4 is 15.7 Å². The molecule has 0 spiro atoms. The third kappa shape index (κ3) is 8.17.